The number of ether oxygens (including phenoxy) is 1. The first-order chi connectivity index (χ1) is 27.0. The number of halogens is 1. The van der Waals surface area contributed by atoms with Crippen LogP contribution < -0.4 is 21.3 Å². The van der Waals surface area contributed by atoms with Crippen molar-refractivity contribution >= 4 is 58.0 Å². The van der Waals surface area contributed by atoms with Crippen LogP contribution in [0.4, 0.5) is 5.69 Å². The molecule has 2 aromatic heterocycles. The lowest BCUT2D eigenvalue weighted by molar-refractivity contribution is -0.137. The summed E-state index contributed by atoms with van der Waals surface area (Å²) in [5.41, 5.74) is 5.55. The van der Waals surface area contributed by atoms with Crippen LogP contribution in [-0.2, 0) is 25.7 Å². The number of thiophene rings is 1. The number of amides is 4. The lowest BCUT2D eigenvalue weighted by Gasteiger charge is -2.29. The van der Waals surface area contributed by atoms with Crippen LogP contribution in [0.3, 0.4) is 0 Å². The number of anilines is 1. The number of aryl methyl sites for hydroxylation is 2. The van der Waals surface area contributed by atoms with Gasteiger partial charge in [-0.1, -0.05) is 29.8 Å². The van der Waals surface area contributed by atoms with Gasteiger partial charge in [-0.25, -0.2) is 0 Å². The molecule has 15 nitrogen and oxygen atoms in total. The Kier molecular flexibility index (Phi) is 12.0. The molecule has 3 atom stereocenters. The number of carbonyl (C=O) groups is 4. The maximum absolute atomic E-state index is 13.1. The summed E-state index contributed by atoms with van der Waals surface area (Å²) in [6, 6.07) is 11.5. The minimum Gasteiger partial charge on any atom is -0.379 e. The summed E-state index contributed by atoms with van der Waals surface area (Å²) in [7, 11) is 0. The van der Waals surface area contributed by atoms with Crippen LogP contribution in [0.1, 0.15) is 80.9 Å². The third-order valence-corrected chi connectivity index (χ3v) is 11.7. The maximum atomic E-state index is 13.1. The number of aliphatic hydroxyl groups is 1. The molecule has 2 unspecified atom stereocenters. The fraction of sp³-hybridized carbons (Fsp3) is 0.410. The van der Waals surface area contributed by atoms with E-state index in [4.69, 9.17) is 21.3 Å². The van der Waals surface area contributed by atoms with E-state index in [9.17, 15) is 24.3 Å². The van der Waals surface area contributed by atoms with Crippen molar-refractivity contribution in [1.29, 1.82) is 0 Å². The standard InChI is InChI=1S/C39H44ClN9O6S/c1-21-22(2)56-39-34(21)35(24-7-9-25(40)10-8-24)44-29(36-47-46-23(3)49(36)39)19-33(52)42-16-18-55-17-15-41-14-13-32(51)43-28-6-4-5-26-27(28)20-48(38(26)54)30-11-12-31(50)45-37(30)53/h4-10,29-30,33,41-42,52H,11-20H2,1-3H3,(H,43,51)(H,45,50,53)/t29-,30?,33?/m0/s1. The molecule has 2 aromatic carbocycles. The molecule has 5 heterocycles. The van der Waals surface area contributed by atoms with E-state index < -0.39 is 24.2 Å². The van der Waals surface area contributed by atoms with Gasteiger partial charge in [-0.3, -0.25) is 39.4 Å². The van der Waals surface area contributed by atoms with Gasteiger partial charge in [0.05, 0.1) is 18.9 Å². The largest absolute Gasteiger partial charge is 0.379 e. The summed E-state index contributed by atoms with van der Waals surface area (Å²) in [5, 5.41) is 33.1. The highest BCUT2D eigenvalue weighted by molar-refractivity contribution is 7.15. The smallest absolute Gasteiger partial charge is 0.255 e. The molecule has 0 spiro atoms. The van der Waals surface area contributed by atoms with Crippen LogP contribution in [0.15, 0.2) is 47.5 Å². The molecule has 3 aliphatic rings. The van der Waals surface area contributed by atoms with Crippen LogP contribution in [0, 0.1) is 20.8 Å². The van der Waals surface area contributed by atoms with Crippen LogP contribution in [0.25, 0.3) is 5.00 Å². The van der Waals surface area contributed by atoms with E-state index >= 15 is 0 Å². The molecule has 17 heteroatoms. The van der Waals surface area contributed by atoms with Crippen molar-refractivity contribution in [1.82, 2.24) is 35.6 Å². The molecule has 1 fully saturated rings. The van der Waals surface area contributed by atoms with Gasteiger partial charge in [0, 0.05) is 83.3 Å². The van der Waals surface area contributed by atoms with Gasteiger partial charge in [0.15, 0.2) is 5.82 Å². The number of aliphatic hydroxyl groups excluding tert-OH is 1. The number of carbonyl (C=O) groups excluding carboxylic acids is 4. The van der Waals surface area contributed by atoms with Gasteiger partial charge in [0.1, 0.15) is 29.1 Å². The maximum Gasteiger partial charge on any atom is 0.255 e. The molecule has 0 radical (unpaired) electrons. The fourth-order valence-corrected chi connectivity index (χ4v) is 8.57. The number of nitrogens with one attached hydrogen (secondary N) is 4. The van der Waals surface area contributed by atoms with E-state index in [1.807, 2.05) is 31.2 Å². The average molecular weight is 802 g/mol. The Balaban J connectivity index is 0.844. The minimum atomic E-state index is -0.885. The Morgan fingerprint density at radius 1 is 1.07 bits per heavy atom. The topological polar surface area (TPSA) is 192 Å². The number of rotatable bonds is 15. The second-order valence-electron chi connectivity index (χ2n) is 14.0. The molecule has 5 N–H and O–H groups in total. The van der Waals surface area contributed by atoms with E-state index in [1.165, 1.54) is 9.78 Å². The van der Waals surface area contributed by atoms with Crippen molar-refractivity contribution in [2.45, 2.75) is 71.3 Å². The predicted octanol–water partition coefficient (Wildman–Crippen LogP) is 3.49. The third-order valence-electron chi connectivity index (χ3n) is 10.2. The summed E-state index contributed by atoms with van der Waals surface area (Å²) in [5.74, 6) is 0.0880. The van der Waals surface area contributed by atoms with Gasteiger partial charge >= 0.3 is 0 Å². The zero-order valence-corrected chi connectivity index (χ0v) is 32.9. The number of benzene rings is 2. The van der Waals surface area contributed by atoms with Crippen LogP contribution >= 0.6 is 22.9 Å². The normalized spacial score (nSPS) is 18.2. The second-order valence-corrected chi connectivity index (χ2v) is 15.6. The van der Waals surface area contributed by atoms with Gasteiger partial charge in [0.2, 0.25) is 17.7 Å². The molecule has 0 aliphatic carbocycles. The molecule has 294 valence electrons. The third kappa shape index (κ3) is 8.31. The molecular weight excluding hydrogens is 758 g/mol. The number of piperidine rings is 1. The van der Waals surface area contributed by atoms with E-state index in [1.54, 1.807) is 29.5 Å². The summed E-state index contributed by atoms with van der Waals surface area (Å²) in [6.07, 6.45) is 0.0257. The lowest BCUT2D eigenvalue weighted by Crippen LogP contribution is -2.52. The molecule has 3 aliphatic heterocycles. The van der Waals surface area contributed by atoms with E-state index in [0.29, 0.717) is 60.5 Å². The van der Waals surface area contributed by atoms with Gasteiger partial charge in [-0.15, -0.1) is 21.5 Å². The van der Waals surface area contributed by atoms with Gasteiger partial charge in [-0.05, 0) is 57.0 Å². The highest BCUT2D eigenvalue weighted by Crippen LogP contribution is 2.40. The Hall–Kier alpha value is -4.84. The molecule has 7 rings (SSSR count). The van der Waals surface area contributed by atoms with Crippen LogP contribution in [0.2, 0.25) is 5.02 Å². The molecule has 1 saturated heterocycles. The monoisotopic (exact) mass is 801 g/mol. The van der Waals surface area contributed by atoms with E-state index in [2.05, 4.69) is 49.9 Å². The number of imide groups is 1. The fourth-order valence-electron chi connectivity index (χ4n) is 7.23. The van der Waals surface area contributed by atoms with Crippen molar-refractivity contribution < 1.29 is 29.0 Å². The van der Waals surface area contributed by atoms with Gasteiger partial charge < -0.3 is 25.4 Å². The van der Waals surface area contributed by atoms with Crippen molar-refractivity contribution in [3.05, 3.63) is 91.8 Å². The number of nitrogens with zero attached hydrogens (tertiary/aromatic N) is 5. The van der Waals surface area contributed by atoms with Crippen molar-refractivity contribution in [3.63, 3.8) is 0 Å². The van der Waals surface area contributed by atoms with Gasteiger partial charge in [0.25, 0.3) is 5.91 Å². The first kappa shape index (κ1) is 39.4. The number of hydrogen-bond acceptors (Lipinski definition) is 12. The molecule has 56 heavy (non-hydrogen) atoms. The summed E-state index contributed by atoms with van der Waals surface area (Å²) in [6.45, 7) is 8.41. The van der Waals surface area contributed by atoms with Crippen molar-refractivity contribution in [2.24, 2.45) is 4.99 Å². The molecular formula is C39H44ClN9O6S. The molecule has 0 saturated carbocycles. The first-order valence-electron chi connectivity index (χ1n) is 18.6. The Bertz CT molecular complexity index is 2180. The highest BCUT2D eigenvalue weighted by Gasteiger charge is 2.40. The zero-order chi connectivity index (χ0) is 39.5. The lowest BCUT2D eigenvalue weighted by atomic mass is 9.99. The average Bonchev–Trinajstić information content (AvgIpc) is 3.78. The number of hydrogen-bond donors (Lipinski definition) is 5. The predicted molar refractivity (Wildman–Crippen MR) is 211 cm³/mol. The van der Waals surface area contributed by atoms with E-state index in [0.717, 1.165) is 33.2 Å². The molecule has 4 aromatic rings. The minimum absolute atomic E-state index is 0.172. The zero-order valence-electron chi connectivity index (χ0n) is 31.4. The SMILES string of the molecule is Cc1sc2c(c1C)C(c1ccc(Cl)cc1)=N[C@@H](CC(O)NCCOCCNCCC(=O)Nc1cccc3c1CN(C1CCC(=O)NC1=O)C3=O)c1nnc(C)n1-2. The first-order valence-corrected chi connectivity index (χ1v) is 19.8. The molecule has 4 amide bonds. The van der Waals surface area contributed by atoms with Gasteiger partial charge in [-0.2, -0.15) is 0 Å². The molecule has 0 bridgehead atoms. The van der Waals surface area contributed by atoms with Crippen molar-refractivity contribution in [2.75, 3.05) is 38.2 Å². The van der Waals surface area contributed by atoms with Crippen LogP contribution in [-0.4, -0.2) is 99.2 Å². The number of fused-ring (bicyclic) bond motifs is 4. The summed E-state index contributed by atoms with van der Waals surface area (Å²) < 4.78 is 7.80. The second kappa shape index (κ2) is 17.1. The van der Waals surface area contributed by atoms with E-state index in [-0.39, 0.29) is 49.9 Å². The number of aromatic nitrogens is 3. The Morgan fingerprint density at radius 2 is 1.86 bits per heavy atom. The number of aliphatic imine (C=N–C) groups is 1. The Labute approximate surface area is 332 Å². The Morgan fingerprint density at radius 3 is 2.64 bits per heavy atom. The summed E-state index contributed by atoms with van der Waals surface area (Å²) in [4.78, 5) is 57.7. The van der Waals surface area contributed by atoms with Crippen molar-refractivity contribution in [3.8, 4) is 5.00 Å². The summed E-state index contributed by atoms with van der Waals surface area (Å²) >= 11 is 7.90. The highest BCUT2D eigenvalue weighted by atomic mass is 35.5. The van der Waals surface area contributed by atoms with Crippen LogP contribution in [0.5, 0.6) is 0 Å². The quantitative estimate of drug-likeness (QED) is 0.0676.